The lowest BCUT2D eigenvalue weighted by molar-refractivity contribution is -0.277. The molecule has 9 nitrogen and oxygen atoms in total. The maximum atomic E-state index is 10.3. The third-order valence-corrected chi connectivity index (χ3v) is 5.70. The quantitative estimate of drug-likeness (QED) is 0.313. The Morgan fingerprint density at radius 2 is 1.67 bits per heavy atom. The Labute approximate surface area is 190 Å². The summed E-state index contributed by atoms with van der Waals surface area (Å²) in [7, 11) is 0. The van der Waals surface area contributed by atoms with Gasteiger partial charge in [0.05, 0.1) is 24.9 Å². The first-order chi connectivity index (χ1) is 16.0. The number of aliphatic hydroxyl groups excluding tert-OH is 5. The molecule has 178 valence electrons. The molecule has 0 bridgehead atoms. The van der Waals surface area contributed by atoms with Crippen LogP contribution in [0.2, 0.25) is 0 Å². The molecule has 4 rings (SSSR count). The fraction of sp³-hybridized carbons (Fsp3) is 0.417. The van der Waals surface area contributed by atoms with Gasteiger partial charge < -0.3 is 44.2 Å². The molecule has 1 aliphatic heterocycles. The molecule has 1 fully saturated rings. The highest BCUT2D eigenvalue weighted by molar-refractivity contribution is 5.87. The Balaban J connectivity index is 1.50. The Morgan fingerprint density at radius 1 is 0.879 bits per heavy atom. The van der Waals surface area contributed by atoms with E-state index in [0.717, 1.165) is 22.9 Å². The fourth-order valence-corrected chi connectivity index (χ4v) is 3.89. The van der Waals surface area contributed by atoms with E-state index < -0.39 is 37.3 Å². The van der Waals surface area contributed by atoms with Crippen LogP contribution in [0.4, 0.5) is 0 Å². The lowest BCUT2D eigenvalue weighted by Gasteiger charge is -2.39. The van der Waals surface area contributed by atoms with Crippen LogP contribution in [-0.2, 0) is 17.6 Å². The molecule has 3 aromatic rings. The van der Waals surface area contributed by atoms with Gasteiger partial charge in [-0.15, -0.1) is 0 Å². The summed E-state index contributed by atoms with van der Waals surface area (Å²) in [6, 6.07) is 12.9. The first-order valence-corrected chi connectivity index (χ1v) is 10.8. The molecular weight excluding hydrogens is 432 g/mol. The molecule has 0 spiro atoms. The van der Waals surface area contributed by atoms with Gasteiger partial charge in [-0.2, -0.15) is 0 Å². The van der Waals surface area contributed by atoms with Crippen molar-refractivity contribution in [1.29, 1.82) is 0 Å². The van der Waals surface area contributed by atoms with Crippen LogP contribution in [0.15, 0.2) is 53.1 Å². The van der Waals surface area contributed by atoms with Crippen molar-refractivity contribution in [2.45, 2.75) is 43.5 Å². The minimum Gasteiger partial charge on any atom is -0.491 e. The van der Waals surface area contributed by atoms with Crippen molar-refractivity contribution >= 4 is 11.0 Å². The molecule has 0 radical (unpaired) electrons. The summed E-state index contributed by atoms with van der Waals surface area (Å²) >= 11 is 0. The number of benzene rings is 2. The molecular formula is C24H28O9. The molecule has 1 saturated heterocycles. The summed E-state index contributed by atoms with van der Waals surface area (Å²) in [5.41, 5.74) is 2.58. The molecule has 5 atom stereocenters. The summed E-state index contributed by atoms with van der Waals surface area (Å²) < 4.78 is 22.4. The van der Waals surface area contributed by atoms with E-state index in [1.807, 2.05) is 24.3 Å². The maximum absolute atomic E-state index is 10.3. The zero-order chi connectivity index (χ0) is 23.4. The Hall–Kier alpha value is -2.66. The van der Waals surface area contributed by atoms with Gasteiger partial charge in [0.25, 0.3) is 0 Å². The molecule has 1 aromatic heterocycles. The number of hydrogen-bond donors (Lipinski definition) is 5. The monoisotopic (exact) mass is 460 g/mol. The summed E-state index contributed by atoms with van der Waals surface area (Å²) in [6.07, 6.45) is -3.77. The number of fused-ring (bicyclic) bond motifs is 1. The summed E-state index contributed by atoms with van der Waals surface area (Å²) in [5.74, 6) is 1.09. The highest BCUT2D eigenvalue weighted by atomic mass is 16.7. The van der Waals surface area contributed by atoms with Crippen molar-refractivity contribution in [3.05, 3.63) is 59.9 Å². The molecule has 5 N–H and O–H groups in total. The normalized spacial score (nSPS) is 25.3. The van der Waals surface area contributed by atoms with Gasteiger partial charge >= 0.3 is 0 Å². The summed E-state index contributed by atoms with van der Waals surface area (Å²) in [4.78, 5) is 0. The number of hydrogen-bond acceptors (Lipinski definition) is 9. The van der Waals surface area contributed by atoms with Crippen molar-refractivity contribution < 1.29 is 44.2 Å². The van der Waals surface area contributed by atoms with Gasteiger partial charge in [0.1, 0.15) is 48.1 Å². The van der Waals surface area contributed by atoms with Crippen LogP contribution >= 0.6 is 0 Å². The highest BCUT2D eigenvalue weighted by Crippen LogP contribution is 2.34. The van der Waals surface area contributed by atoms with Gasteiger partial charge in [0.15, 0.2) is 0 Å². The first-order valence-electron chi connectivity index (χ1n) is 10.8. The van der Waals surface area contributed by atoms with Crippen LogP contribution in [0.25, 0.3) is 11.0 Å². The molecule has 0 amide bonds. The summed E-state index contributed by atoms with van der Waals surface area (Å²) in [5, 5.41) is 49.3. The third-order valence-electron chi connectivity index (χ3n) is 5.70. The van der Waals surface area contributed by atoms with Crippen molar-refractivity contribution in [1.82, 2.24) is 0 Å². The average molecular weight is 460 g/mol. The molecule has 9 heteroatoms. The minimum atomic E-state index is -1.52. The molecule has 0 aliphatic carbocycles. The molecule has 2 heterocycles. The van der Waals surface area contributed by atoms with Crippen molar-refractivity contribution in [2.24, 2.45) is 0 Å². The molecule has 1 aliphatic rings. The topological polar surface area (TPSA) is 142 Å². The molecule has 2 aromatic carbocycles. The van der Waals surface area contributed by atoms with Gasteiger partial charge in [0.2, 0.25) is 6.29 Å². The SMILES string of the molecule is OCCOc1ccc(CCc2coc3cccc(O[C@@H]4O[C@H](CO)[C@@H](O)[C@H](O)[C@H]4O)c23)cc1. The zero-order valence-electron chi connectivity index (χ0n) is 17.9. The highest BCUT2D eigenvalue weighted by Gasteiger charge is 2.44. The van der Waals surface area contributed by atoms with Gasteiger partial charge in [0, 0.05) is 5.56 Å². The van der Waals surface area contributed by atoms with Crippen molar-refractivity contribution in [2.75, 3.05) is 19.8 Å². The number of ether oxygens (including phenoxy) is 3. The predicted molar refractivity (Wildman–Crippen MR) is 117 cm³/mol. The van der Waals surface area contributed by atoms with E-state index in [0.29, 0.717) is 23.5 Å². The molecule has 33 heavy (non-hydrogen) atoms. The second-order valence-electron chi connectivity index (χ2n) is 7.92. The maximum Gasteiger partial charge on any atom is 0.229 e. The van der Waals surface area contributed by atoms with Crippen LogP contribution in [0.3, 0.4) is 0 Å². The van der Waals surface area contributed by atoms with Crippen LogP contribution in [-0.4, -0.2) is 76.1 Å². The molecule has 0 saturated carbocycles. The number of furan rings is 1. The second kappa shape index (κ2) is 10.5. The van der Waals surface area contributed by atoms with E-state index in [-0.39, 0.29) is 13.2 Å². The van der Waals surface area contributed by atoms with E-state index in [1.54, 1.807) is 24.5 Å². The Morgan fingerprint density at radius 3 is 2.39 bits per heavy atom. The number of aryl methyl sites for hydroxylation is 2. The average Bonchev–Trinajstić information content (AvgIpc) is 3.26. The lowest BCUT2D eigenvalue weighted by atomic mass is 9.99. The standard InChI is InChI=1S/C24H28O9/c25-10-11-30-16-8-5-14(6-9-16)4-7-15-13-31-17-2-1-3-18(20(15)17)32-24-23(29)22(28)21(27)19(12-26)33-24/h1-3,5-6,8-9,13,19,21-29H,4,7,10-12H2/t19-,21-,22+,23-,24-/m1/s1. The zero-order valence-corrected chi connectivity index (χ0v) is 17.9. The predicted octanol–water partition coefficient (Wildman–Crippen LogP) is 0.768. The van der Waals surface area contributed by atoms with Crippen molar-refractivity contribution in [3.63, 3.8) is 0 Å². The number of aliphatic hydroxyl groups is 5. The minimum absolute atomic E-state index is 0.0388. The lowest BCUT2D eigenvalue weighted by Crippen LogP contribution is -2.60. The Kier molecular flexibility index (Phi) is 7.49. The van der Waals surface area contributed by atoms with Gasteiger partial charge in [-0.3, -0.25) is 0 Å². The smallest absolute Gasteiger partial charge is 0.229 e. The largest absolute Gasteiger partial charge is 0.491 e. The van der Waals surface area contributed by atoms with Crippen LogP contribution in [0.5, 0.6) is 11.5 Å². The molecule has 0 unspecified atom stereocenters. The first kappa shape index (κ1) is 23.5. The second-order valence-corrected chi connectivity index (χ2v) is 7.92. The van der Waals surface area contributed by atoms with E-state index in [4.69, 9.17) is 23.7 Å². The Bertz CT molecular complexity index is 1030. The number of rotatable bonds is 9. The van der Waals surface area contributed by atoms with Crippen molar-refractivity contribution in [3.8, 4) is 11.5 Å². The van der Waals surface area contributed by atoms with E-state index >= 15 is 0 Å². The van der Waals surface area contributed by atoms with E-state index in [1.165, 1.54) is 0 Å². The third kappa shape index (κ3) is 5.14. The van der Waals surface area contributed by atoms with E-state index in [2.05, 4.69) is 0 Å². The van der Waals surface area contributed by atoms with Gasteiger partial charge in [-0.1, -0.05) is 18.2 Å². The fourth-order valence-electron chi connectivity index (χ4n) is 3.89. The van der Waals surface area contributed by atoms with Crippen LogP contribution < -0.4 is 9.47 Å². The van der Waals surface area contributed by atoms with E-state index in [9.17, 15) is 20.4 Å². The van der Waals surface area contributed by atoms with Gasteiger partial charge in [-0.25, -0.2) is 0 Å². The van der Waals surface area contributed by atoms with Crippen LogP contribution in [0, 0.1) is 0 Å². The van der Waals surface area contributed by atoms with Gasteiger partial charge in [-0.05, 0) is 42.7 Å². The van der Waals surface area contributed by atoms with Crippen LogP contribution in [0.1, 0.15) is 11.1 Å². The summed E-state index contributed by atoms with van der Waals surface area (Å²) in [6.45, 7) is -0.323.